The van der Waals surface area contributed by atoms with Crippen LogP contribution in [0, 0.1) is 6.92 Å². The van der Waals surface area contributed by atoms with Crippen LogP contribution in [-0.4, -0.2) is 52.6 Å². The first kappa shape index (κ1) is 15.7. The standard InChI is InChI=1S/C15H21N5O3/c1-11-7-12(18-23-11)8-19-9-13-3-4-17-20(13)14(10-19)15(21)16-5-6-22-2/h3-4,7,14H,5-6,8-10H2,1-2H3,(H,16,21)/t14-/m0/s1. The Labute approximate surface area is 134 Å². The molecule has 0 unspecified atom stereocenters. The Bertz CT molecular complexity index is 666. The maximum atomic E-state index is 12.4. The Morgan fingerprint density at radius 2 is 2.43 bits per heavy atom. The Hall–Kier alpha value is -2.19. The average Bonchev–Trinajstić information content (AvgIpc) is 3.15. The van der Waals surface area contributed by atoms with E-state index in [0.717, 1.165) is 23.7 Å². The van der Waals surface area contributed by atoms with E-state index in [9.17, 15) is 4.79 Å². The molecular formula is C15H21N5O3. The lowest BCUT2D eigenvalue weighted by atomic mass is 10.1. The minimum atomic E-state index is -0.349. The summed E-state index contributed by atoms with van der Waals surface area (Å²) in [4.78, 5) is 14.6. The van der Waals surface area contributed by atoms with Crippen LogP contribution in [0.1, 0.15) is 23.2 Å². The van der Waals surface area contributed by atoms with Crippen molar-refractivity contribution in [1.82, 2.24) is 25.2 Å². The topological polar surface area (TPSA) is 85.4 Å². The molecule has 1 N–H and O–H groups in total. The van der Waals surface area contributed by atoms with Gasteiger partial charge in [0.15, 0.2) is 0 Å². The molecule has 23 heavy (non-hydrogen) atoms. The maximum Gasteiger partial charge on any atom is 0.246 e. The quantitative estimate of drug-likeness (QED) is 0.780. The van der Waals surface area contributed by atoms with Crippen molar-refractivity contribution < 1.29 is 14.1 Å². The number of nitrogens with one attached hydrogen (secondary N) is 1. The number of nitrogens with zero attached hydrogens (tertiary/aromatic N) is 4. The van der Waals surface area contributed by atoms with Crippen LogP contribution in [0.25, 0.3) is 0 Å². The molecule has 0 saturated carbocycles. The first-order valence-electron chi connectivity index (χ1n) is 7.61. The molecule has 1 aliphatic rings. The second-order valence-corrected chi connectivity index (χ2v) is 5.67. The summed E-state index contributed by atoms with van der Waals surface area (Å²) in [5, 5.41) is 11.2. The highest BCUT2D eigenvalue weighted by Gasteiger charge is 2.31. The molecule has 0 aromatic carbocycles. The third kappa shape index (κ3) is 3.59. The van der Waals surface area contributed by atoms with Gasteiger partial charge in [0.2, 0.25) is 5.91 Å². The van der Waals surface area contributed by atoms with Crippen molar-refractivity contribution >= 4 is 5.91 Å². The van der Waals surface area contributed by atoms with Crippen molar-refractivity contribution in [2.75, 3.05) is 26.8 Å². The number of aromatic nitrogens is 3. The summed E-state index contributed by atoms with van der Waals surface area (Å²) in [5.74, 6) is 0.740. The van der Waals surface area contributed by atoms with Crippen LogP contribution >= 0.6 is 0 Å². The molecule has 124 valence electrons. The normalized spacial score (nSPS) is 17.9. The van der Waals surface area contributed by atoms with Gasteiger partial charge in [-0.15, -0.1) is 0 Å². The van der Waals surface area contributed by atoms with Gasteiger partial charge in [-0.3, -0.25) is 14.4 Å². The number of aryl methyl sites for hydroxylation is 1. The van der Waals surface area contributed by atoms with Gasteiger partial charge >= 0.3 is 0 Å². The van der Waals surface area contributed by atoms with Crippen LogP contribution in [0.4, 0.5) is 0 Å². The summed E-state index contributed by atoms with van der Waals surface area (Å²) < 4.78 is 11.9. The van der Waals surface area contributed by atoms with Gasteiger partial charge in [-0.05, 0) is 13.0 Å². The number of hydrogen-bond donors (Lipinski definition) is 1. The van der Waals surface area contributed by atoms with Crippen LogP contribution in [-0.2, 0) is 22.6 Å². The highest BCUT2D eigenvalue weighted by Crippen LogP contribution is 2.22. The van der Waals surface area contributed by atoms with Gasteiger partial charge in [0.25, 0.3) is 0 Å². The Balaban J connectivity index is 1.70. The highest BCUT2D eigenvalue weighted by molar-refractivity contribution is 5.80. The fourth-order valence-electron chi connectivity index (χ4n) is 2.79. The number of ether oxygens (including phenoxy) is 1. The average molecular weight is 319 g/mol. The highest BCUT2D eigenvalue weighted by atomic mass is 16.5. The summed E-state index contributed by atoms with van der Waals surface area (Å²) in [7, 11) is 1.61. The van der Waals surface area contributed by atoms with E-state index in [4.69, 9.17) is 9.26 Å². The molecule has 2 aromatic heterocycles. The van der Waals surface area contributed by atoms with Gasteiger partial charge < -0.3 is 14.6 Å². The number of methoxy groups -OCH3 is 1. The molecule has 8 heteroatoms. The SMILES string of the molecule is COCCNC(=O)[C@@H]1CN(Cc2cc(C)on2)Cc2ccnn21. The van der Waals surface area contributed by atoms with Crippen molar-refractivity contribution in [2.45, 2.75) is 26.1 Å². The number of rotatable bonds is 6. The third-order valence-electron chi connectivity index (χ3n) is 3.83. The fourth-order valence-corrected chi connectivity index (χ4v) is 2.79. The summed E-state index contributed by atoms with van der Waals surface area (Å²) >= 11 is 0. The zero-order valence-electron chi connectivity index (χ0n) is 13.4. The fraction of sp³-hybridized carbons (Fsp3) is 0.533. The third-order valence-corrected chi connectivity index (χ3v) is 3.83. The van der Waals surface area contributed by atoms with Crippen LogP contribution in [0.15, 0.2) is 22.9 Å². The van der Waals surface area contributed by atoms with Gasteiger partial charge in [0, 0.05) is 45.6 Å². The summed E-state index contributed by atoms with van der Waals surface area (Å²) in [5.41, 5.74) is 1.89. The lowest BCUT2D eigenvalue weighted by Crippen LogP contribution is -2.45. The number of hydrogen-bond acceptors (Lipinski definition) is 6. The predicted molar refractivity (Wildman–Crippen MR) is 81.5 cm³/mol. The smallest absolute Gasteiger partial charge is 0.246 e. The Morgan fingerprint density at radius 3 is 3.17 bits per heavy atom. The molecule has 0 spiro atoms. The molecule has 0 saturated heterocycles. The van der Waals surface area contributed by atoms with E-state index in [0.29, 0.717) is 26.2 Å². The second kappa shape index (κ2) is 6.93. The first-order valence-corrected chi connectivity index (χ1v) is 7.61. The van der Waals surface area contributed by atoms with Crippen LogP contribution in [0.5, 0.6) is 0 Å². The Kier molecular flexibility index (Phi) is 4.73. The molecule has 0 aliphatic carbocycles. The predicted octanol–water partition coefficient (Wildman–Crippen LogP) is 0.499. The summed E-state index contributed by atoms with van der Waals surface area (Å²) in [6.07, 6.45) is 1.73. The van der Waals surface area contributed by atoms with Gasteiger partial charge in [0.1, 0.15) is 11.8 Å². The monoisotopic (exact) mass is 319 g/mol. The molecule has 8 nitrogen and oxygen atoms in total. The van der Waals surface area contributed by atoms with E-state index in [1.807, 2.05) is 19.1 Å². The van der Waals surface area contributed by atoms with Crippen LogP contribution < -0.4 is 5.32 Å². The zero-order chi connectivity index (χ0) is 16.2. The van der Waals surface area contributed by atoms with E-state index < -0.39 is 0 Å². The van der Waals surface area contributed by atoms with E-state index >= 15 is 0 Å². The van der Waals surface area contributed by atoms with Crippen LogP contribution in [0.2, 0.25) is 0 Å². The van der Waals surface area contributed by atoms with Crippen molar-refractivity contribution in [3.05, 3.63) is 35.5 Å². The summed E-state index contributed by atoms with van der Waals surface area (Å²) in [6.45, 7) is 4.81. The Morgan fingerprint density at radius 1 is 1.57 bits per heavy atom. The molecular weight excluding hydrogens is 298 g/mol. The lowest BCUT2D eigenvalue weighted by Gasteiger charge is -2.32. The molecule has 1 atom stereocenters. The largest absolute Gasteiger partial charge is 0.383 e. The van der Waals surface area contributed by atoms with Crippen molar-refractivity contribution in [2.24, 2.45) is 0 Å². The van der Waals surface area contributed by atoms with Crippen molar-refractivity contribution in [1.29, 1.82) is 0 Å². The molecule has 3 heterocycles. The zero-order valence-corrected chi connectivity index (χ0v) is 13.4. The molecule has 1 aliphatic heterocycles. The number of amides is 1. The first-order chi connectivity index (χ1) is 11.2. The second-order valence-electron chi connectivity index (χ2n) is 5.67. The minimum absolute atomic E-state index is 0.0481. The lowest BCUT2D eigenvalue weighted by molar-refractivity contribution is -0.126. The number of carbonyl (C=O) groups is 1. The van der Waals surface area contributed by atoms with Gasteiger partial charge in [-0.1, -0.05) is 5.16 Å². The summed E-state index contributed by atoms with van der Waals surface area (Å²) in [6, 6.07) is 3.51. The molecule has 0 bridgehead atoms. The van der Waals surface area contributed by atoms with E-state index in [-0.39, 0.29) is 11.9 Å². The maximum absolute atomic E-state index is 12.4. The molecule has 0 fully saturated rings. The van der Waals surface area contributed by atoms with E-state index in [1.54, 1.807) is 18.0 Å². The molecule has 1 amide bonds. The molecule has 3 rings (SSSR count). The molecule has 0 radical (unpaired) electrons. The van der Waals surface area contributed by atoms with E-state index in [2.05, 4.69) is 20.5 Å². The molecule has 2 aromatic rings. The van der Waals surface area contributed by atoms with Gasteiger partial charge in [0.05, 0.1) is 18.0 Å². The van der Waals surface area contributed by atoms with Crippen molar-refractivity contribution in [3.8, 4) is 0 Å². The number of fused-ring (bicyclic) bond motifs is 1. The minimum Gasteiger partial charge on any atom is -0.383 e. The number of carbonyl (C=O) groups excluding carboxylic acids is 1. The van der Waals surface area contributed by atoms with Crippen molar-refractivity contribution in [3.63, 3.8) is 0 Å². The van der Waals surface area contributed by atoms with Gasteiger partial charge in [-0.2, -0.15) is 5.10 Å². The van der Waals surface area contributed by atoms with Gasteiger partial charge in [-0.25, -0.2) is 0 Å². The van der Waals surface area contributed by atoms with E-state index in [1.165, 1.54) is 0 Å². The van der Waals surface area contributed by atoms with Crippen LogP contribution in [0.3, 0.4) is 0 Å².